The monoisotopic (exact) mass is 287 g/mol. The highest BCUT2D eigenvalue weighted by atomic mass is 16.5. The molecule has 0 bridgehead atoms. The van der Waals surface area contributed by atoms with Crippen molar-refractivity contribution in [2.45, 2.75) is 44.9 Å². The van der Waals surface area contributed by atoms with E-state index in [0.717, 1.165) is 32.2 Å². The Labute approximate surface area is 129 Å². The summed E-state index contributed by atoms with van der Waals surface area (Å²) in [5, 5.41) is 3.72. The zero-order valence-corrected chi connectivity index (χ0v) is 13.5. The van der Waals surface area contributed by atoms with Crippen molar-refractivity contribution in [1.82, 2.24) is 5.32 Å². The Balaban J connectivity index is 1.71. The second-order valence-corrected chi connectivity index (χ2v) is 7.64. The van der Waals surface area contributed by atoms with E-state index in [1.165, 1.54) is 31.2 Å². The Bertz CT molecular complexity index is 440. The van der Waals surface area contributed by atoms with Gasteiger partial charge in [0.2, 0.25) is 0 Å². The number of nitrogens with one attached hydrogen (secondary N) is 1. The average molecular weight is 287 g/mol. The van der Waals surface area contributed by atoms with Gasteiger partial charge in [0.1, 0.15) is 0 Å². The Hall–Kier alpha value is -0.860. The molecule has 0 unspecified atom stereocenters. The molecule has 0 atom stereocenters. The molecule has 1 aliphatic heterocycles. The highest BCUT2D eigenvalue weighted by molar-refractivity contribution is 5.31. The fraction of sp³-hybridized carbons (Fsp3) is 0.684. The topological polar surface area (TPSA) is 21.3 Å². The summed E-state index contributed by atoms with van der Waals surface area (Å²) in [5.74, 6) is 0.718. The molecule has 0 amide bonds. The minimum Gasteiger partial charge on any atom is -0.381 e. The van der Waals surface area contributed by atoms with Gasteiger partial charge >= 0.3 is 0 Å². The van der Waals surface area contributed by atoms with Crippen molar-refractivity contribution in [3.63, 3.8) is 0 Å². The van der Waals surface area contributed by atoms with E-state index in [2.05, 4.69) is 49.5 Å². The molecule has 1 N–H and O–H groups in total. The fourth-order valence-corrected chi connectivity index (χ4v) is 4.36. The third-order valence-corrected chi connectivity index (χ3v) is 5.38. The van der Waals surface area contributed by atoms with Gasteiger partial charge in [-0.2, -0.15) is 0 Å². The molecule has 2 aliphatic rings. The first-order valence-electron chi connectivity index (χ1n) is 8.48. The minimum atomic E-state index is 0.355. The van der Waals surface area contributed by atoms with Crippen LogP contribution in [0.2, 0.25) is 0 Å². The van der Waals surface area contributed by atoms with Crippen LogP contribution in [0, 0.1) is 11.3 Å². The highest BCUT2D eigenvalue weighted by Crippen LogP contribution is 2.59. The smallest absolute Gasteiger partial charge is 0.0471 e. The summed E-state index contributed by atoms with van der Waals surface area (Å²) in [7, 11) is 0. The zero-order valence-electron chi connectivity index (χ0n) is 13.5. The van der Waals surface area contributed by atoms with Gasteiger partial charge in [-0.05, 0) is 49.1 Å². The fourth-order valence-electron chi connectivity index (χ4n) is 4.36. The molecular formula is C19H29NO. The summed E-state index contributed by atoms with van der Waals surface area (Å²) in [6, 6.07) is 11.1. The van der Waals surface area contributed by atoms with E-state index >= 15 is 0 Å². The van der Waals surface area contributed by atoms with Gasteiger partial charge < -0.3 is 10.1 Å². The van der Waals surface area contributed by atoms with Crippen LogP contribution in [0.4, 0.5) is 0 Å². The predicted octanol–water partition coefficient (Wildman–Crippen LogP) is 3.76. The van der Waals surface area contributed by atoms with E-state index in [1.807, 2.05) is 0 Å². The minimum absolute atomic E-state index is 0.355. The van der Waals surface area contributed by atoms with Crippen LogP contribution in [0.3, 0.4) is 0 Å². The van der Waals surface area contributed by atoms with Crippen LogP contribution in [0.5, 0.6) is 0 Å². The Morgan fingerprint density at radius 2 is 1.76 bits per heavy atom. The highest BCUT2D eigenvalue weighted by Gasteiger charge is 2.54. The lowest BCUT2D eigenvalue weighted by molar-refractivity contribution is -0.0737. The predicted molar refractivity (Wildman–Crippen MR) is 87.5 cm³/mol. The van der Waals surface area contributed by atoms with Crippen LogP contribution in [0.1, 0.15) is 45.1 Å². The Kier molecular flexibility index (Phi) is 4.37. The molecule has 1 aromatic carbocycles. The third-order valence-electron chi connectivity index (χ3n) is 5.38. The van der Waals surface area contributed by atoms with Crippen molar-refractivity contribution < 1.29 is 4.74 Å². The van der Waals surface area contributed by atoms with Gasteiger partial charge in [-0.3, -0.25) is 0 Å². The summed E-state index contributed by atoms with van der Waals surface area (Å²) in [5.41, 5.74) is 2.44. The molecule has 0 radical (unpaired) electrons. The lowest BCUT2D eigenvalue weighted by Crippen LogP contribution is -2.56. The van der Waals surface area contributed by atoms with Gasteiger partial charge in [-0.1, -0.05) is 44.2 Å². The summed E-state index contributed by atoms with van der Waals surface area (Å²) >= 11 is 0. The van der Waals surface area contributed by atoms with Crippen molar-refractivity contribution in [3.05, 3.63) is 35.9 Å². The largest absolute Gasteiger partial charge is 0.381 e. The average Bonchev–Trinajstić information content (AvgIpc) is 2.47. The quantitative estimate of drug-likeness (QED) is 0.890. The lowest BCUT2D eigenvalue weighted by Gasteiger charge is -2.58. The number of hydrogen-bond acceptors (Lipinski definition) is 2. The Morgan fingerprint density at radius 1 is 1.10 bits per heavy atom. The maximum atomic E-state index is 5.57. The van der Waals surface area contributed by atoms with Crippen molar-refractivity contribution in [2.24, 2.45) is 11.3 Å². The molecule has 0 aromatic heterocycles. The van der Waals surface area contributed by atoms with Crippen LogP contribution < -0.4 is 5.32 Å². The molecule has 3 rings (SSSR count). The molecule has 2 fully saturated rings. The van der Waals surface area contributed by atoms with Gasteiger partial charge in [-0.15, -0.1) is 0 Å². The molecule has 2 heteroatoms. The summed E-state index contributed by atoms with van der Waals surface area (Å²) in [4.78, 5) is 0. The summed E-state index contributed by atoms with van der Waals surface area (Å²) in [6.07, 6.45) is 5.18. The van der Waals surface area contributed by atoms with Crippen molar-refractivity contribution >= 4 is 0 Å². The summed E-state index contributed by atoms with van der Waals surface area (Å²) < 4.78 is 5.57. The van der Waals surface area contributed by atoms with Crippen LogP contribution in [-0.2, 0) is 10.2 Å². The van der Waals surface area contributed by atoms with E-state index < -0.39 is 0 Å². The van der Waals surface area contributed by atoms with Crippen molar-refractivity contribution in [2.75, 3.05) is 26.3 Å². The van der Waals surface area contributed by atoms with E-state index in [1.54, 1.807) is 0 Å². The molecule has 1 aliphatic carbocycles. The molecule has 2 nitrogen and oxygen atoms in total. The molecule has 1 spiro atoms. The van der Waals surface area contributed by atoms with Gasteiger partial charge in [0.25, 0.3) is 0 Å². The van der Waals surface area contributed by atoms with E-state index in [9.17, 15) is 0 Å². The molecule has 116 valence electrons. The third kappa shape index (κ3) is 3.17. The van der Waals surface area contributed by atoms with Crippen LogP contribution >= 0.6 is 0 Å². The van der Waals surface area contributed by atoms with Crippen LogP contribution in [0.25, 0.3) is 0 Å². The van der Waals surface area contributed by atoms with E-state index in [4.69, 9.17) is 4.74 Å². The maximum absolute atomic E-state index is 5.57. The van der Waals surface area contributed by atoms with Gasteiger partial charge in [0.05, 0.1) is 0 Å². The first kappa shape index (κ1) is 15.1. The SMILES string of the molecule is CC(C)CNCC1(c2ccccc2)CC2(CCOCC2)C1. The molecular weight excluding hydrogens is 258 g/mol. The van der Waals surface area contributed by atoms with Crippen LogP contribution in [0.15, 0.2) is 30.3 Å². The lowest BCUT2D eigenvalue weighted by atomic mass is 9.48. The second-order valence-electron chi connectivity index (χ2n) is 7.64. The summed E-state index contributed by atoms with van der Waals surface area (Å²) in [6.45, 7) is 8.73. The number of ether oxygens (including phenoxy) is 1. The van der Waals surface area contributed by atoms with Gasteiger partial charge in [0, 0.05) is 25.2 Å². The van der Waals surface area contributed by atoms with Crippen LogP contribution in [-0.4, -0.2) is 26.3 Å². The number of rotatable bonds is 5. The first-order chi connectivity index (χ1) is 10.1. The van der Waals surface area contributed by atoms with Crippen molar-refractivity contribution in [1.29, 1.82) is 0 Å². The number of hydrogen-bond donors (Lipinski definition) is 1. The molecule has 1 saturated carbocycles. The number of benzene rings is 1. The second kappa shape index (κ2) is 6.10. The maximum Gasteiger partial charge on any atom is 0.0471 e. The van der Waals surface area contributed by atoms with E-state index in [0.29, 0.717) is 10.8 Å². The molecule has 1 saturated heterocycles. The normalized spacial score (nSPS) is 23.2. The first-order valence-corrected chi connectivity index (χ1v) is 8.48. The van der Waals surface area contributed by atoms with Gasteiger partial charge in [0.15, 0.2) is 0 Å². The molecule has 1 aromatic rings. The van der Waals surface area contributed by atoms with Crippen molar-refractivity contribution in [3.8, 4) is 0 Å². The zero-order chi connectivity index (χ0) is 14.8. The Morgan fingerprint density at radius 3 is 2.38 bits per heavy atom. The molecule has 21 heavy (non-hydrogen) atoms. The van der Waals surface area contributed by atoms with Gasteiger partial charge in [-0.25, -0.2) is 0 Å². The van der Waals surface area contributed by atoms with E-state index in [-0.39, 0.29) is 0 Å². The standard InChI is InChI=1S/C19H29NO/c1-16(2)12-20-15-19(17-6-4-3-5-7-17)13-18(14-19)8-10-21-11-9-18/h3-7,16,20H,8-15H2,1-2H3. The molecule has 1 heterocycles.